The molecule has 1 unspecified atom stereocenters. The summed E-state index contributed by atoms with van der Waals surface area (Å²) in [7, 11) is 2.57. The highest BCUT2D eigenvalue weighted by atomic mass is 16.5. The summed E-state index contributed by atoms with van der Waals surface area (Å²) in [6.07, 6.45) is 7.47. The van der Waals surface area contributed by atoms with E-state index < -0.39 is 41.4 Å². The normalized spacial score (nSPS) is 14.9. The summed E-state index contributed by atoms with van der Waals surface area (Å²) in [6.45, 7) is -0.716. The van der Waals surface area contributed by atoms with Crippen LogP contribution in [0.5, 0.6) is 5.75 Å². The van der Waals surface area contributed by atoms with Crippen molar-refractivity contribution in [3.8, 4) is 5.75 Å². The lowest BCUT2D eigenvalue weighted by Crippen LogP contribution is -2.45. The molecule has 3 N–H and O–H groups in total. The highest BCUT2D eigenvalue weighted by Gasteiger charge is 2.28. The molecule has 1 amide bonds. The number of aryl methyl sites for hydroxylation is 1. The molecule has 0 spiro atoms. The maximum atomic E-state index is 12.8. The second-order valence-electron chi connectivity index (χ2n) is 6.85. The Balaban J connectivity index is 2.18. The average molecular weight is 401 g/mol. The van der Waals surface area contributed by atoms with E-state index in [2.05, 4.69) is 21.1 Å². The highest BCUT2D eigenvalue weighted by molar-refractivity contribution is 6.05. The molecule has 1 aliphatic carbocycles. The lowest BCUT2D eigenvalue weighted by atomic mass is 9.91. The van der Waals surface area contributed by atoms with Crippen molar-refractivity contribution in [2.24, 2.45) is 7.05 Å². The van der Waals surface area contributed by atoms with Gasteiger partial charge < -0.3 is 20.3 Å². The minimum absolute atomic E-state index is 0.250. The fourth-order valence-electron chi connectivity index (χ4n) is 3.54. The van der Waals surface area contributed by atoms with Crippen LogP contribution >= 0.6 is 0 Å². The molecule has 3 rings (SSSR count). The van der Waals surface area contributed by atoms with Gasteiger partial charge in [-0.25, -0.2) is 9.78 Å². The molecule has 0 aliphatic heterocycles. The van der Waals surface area contributed by atoms with E-state index in [1.807, 2.05) is 0 Å². The SMILES string of the molecule is COC(=O)C(CO)NC(=O)c1c(O)c2c(C3=CCCCC3)ccnc2n(C)c1=O. The van der Waals surface area contributed by atoms with Gasteiger partial charge in [-0.05, 0) is 42.9 Å². The Hall–Kier alpha value is -3.20. The molecule has 1 atom stereocenters. The summed E-state index contributed by atoms with van der Waals surface area (Å²) < 4.78 is 5.70. The first-order valence-corrected chi connectivity index (χ1v) is 9.30. The number of fused-ring (bicyclic) bond motifs is 1. The standard InChI is InChI=1S/C20H23N3O6/c1-23-17-14(12(8-9-21-17)11-6-4-3-5-7-11)16(25)15(19(23)27)18(26)22-13(10-24)20(28)29-2/h6,8-9,13,24-25H,3-5,7,10H2,1-2H3,(H,22,26). The number of carbonyl (C=O) groups excluding carboxylic acids is 2. The third kappa shape index (κ3) is 3.73. The minimum atomic E-state index is -1.36. The molecule has 154 valence electrons. The Bertz CT molecular complexity index is 1060. The largest absolute Gasteiger partial charge is 0.506 e. The maximum Gasteiger partial charge on any atom is 0.330 e. The molecule has 0 saturated carbocycles. The first kappa shape index (κ1) is 20.5. The molecule has 0 bridgehead atoms. The second kappa shape index (κ2) is 8.44. The number of rotatable bonds is 5. The van der Waals surface area contributed by atoms with Gasteiger partial charge >= 0.3 is 5.97 Å². The maximum absolute atomic E-state index is 12.8. The minimum Gasteiger partial charge on any atom is -0.506 e. The van der Waals surface area contributed by atoms with E-state index in [1.54, 1.807) is 12.3 Å². The van der Waals surface area contributed by atoms with Gasteiger partial charge in [0.1, 0.15) is 17.0 Å². The van der Waals surface area contributed by atoms with Crippen molar-refractivity contribution in [3.05, 3.63) is 39.8 Å². The van der Waals surface area contributed by atoms with Gasteiger partial charge in [-0.15, -0.1) is 0 Å². The fraction of sp³-hybridized carbons (Fsp3) is 0.400. The molecule has 0 radical (unpaired) electrons. The summed E-state index contributed by atoms with van der Waals surface area (Å²) in [5.74, 6) is -2.36. The van der Waals surface area contributed by atoms with Crippen LogP contribution in [0.25, 0.3) is 16.6 Å². The van der Waals surface area contributed by atoms with Crippen LogP contribution in [0.15, 0.2) is 23.1 Å². The van der Waals surface area contributed by atoms with E-state index in [0.29, 0.717) is 10.9 Å². The van der Waals surface area contributed by atoms with Gasteiger partial charge in [-0.1, -0.05) is 6.08 Å². The number of allylic oxidation sites excluding steroid dienone is 2. The molecule has 1 aliphatic rings. The van der Waals surface area contributed by atoms with E-state index in [9.17, 15) is 24.6 Å². The number of aliphatic hydroxyl groups excluding tert-OH is 1. The van der Waals surface area contributed by atoms with Crippen molar-refractivity contribution in [1.29, 1.82) is 0 Å². The lowest BCUT2D eigenvalue weighted by molar-refractivity contribution is -0.143. The molecule has 9 nitrogen and oxygen atoms in total. The van der Waals surface area contributed by atoms with Gasteiger partial charge in [0.25, 0.3) is 11.5 Å². The Morgan fingerprint density at radius 1 is 1.38 bits per heavy atom. The topological polar surface area (TPSA) is 131 Å². The van der Waals surface area contributed by atoms with Gasteiger partial charge in [0.2, 0.25) is 0 Å². The van der Waals surface area contributed by atoms with Gasteiger partial charge in [-0.3, -0.25) is 14.2 Å². The number of ether oxygens (including phenoxy) is 1. The van der Waals surface area contributed by atoms with Crippen LogP contribution in [0.4, 0.5) is 0 Å². The first-order chi connectivity index (χ1) is 13.9. The fourth-order valence-corrected chi connectivity index (χ4v) is 3.54. The number of esters is 1. The van der Waals surface area contributed by atoms with E-state index in [-0.39, 0.29) is 5.65 Å². The zero-order valence-corrected chi connectivity index (χ0v) is 16.3. The average Bonchev–Trinajstić information content (AvgIpc) is 2.75. The number of pyridine rings is 2. The summed E-state index contributed by atoms with van der Waals surface area (Å²) in [5, 5.41) is 22.8. The molecule has 2 heterocycles. The molecule has 2 aromatic heterocycles. The van der Waals surface area contributed by atoms with Crippen molar-refractivity contribution in [3.63, 3.8) is 0 Å². The Labute approximate surface area is 166 Å². The number of amides is 1. The summed E-state index contributed by atoms with van der Waals surface area (Å²) in [6, 6.07) is 0.387. The zero-order valence-electron chi connectivity index (χ0n) is 16.3. The highest BCUT2D eigenvalue weighted by Crippen LogP contribution is 2.35. The molecule has 9 heteroatoms. The van der Waals surface area contributed by atoms with E-state index in [1.165, 1.54) is 11.6 Å². The van der Waals surface area contributed by atoms with Gasteiger partial charge in [0, 0.05) is 13.2 Å². The number of aliphatic hydroxyl groups is 1. The van der Waals surface area contributed by atoms with Crippen molar-refractivity contribution in [2.45, 2.75) is 31.7 Å². The van der Waals surface area contributed by atoms with Gasteiger partial charge in [-0.2, -0.15) is 0 Å². The number of methoxy groups -OCH3 is 1. The van der Waals surface area contributed by atoms with Gasteiger partial charge in [0.05, 0.1) is 19.1 Å². The number of aromatic hydroxyl groups is 1. The Morgan fingerprint density at radius 3 is 2.76 bits per heavy atom. The predicted octanol–water partition coefficient (Wildman–Crippen LogP) is 0.860. The molecular formula is C20H23N3O6. The lowest BCUT2D eigenvalue weighted by Gasteiger charge is -2.18. The monoisotopic (exact) mass is 401 g/mol. The van der Waals surface area contributed by atoms with E-state index >= 15 is 0 Å². The van der Waals surface area contributed by atoms with Crippen molar-refractivity contribution >= 4 is 28.5 Å². The second-order valence-corrected chi connectivity index (χ2v) is 6.85. The number of nitrogens with zero attached hydrogens (tertiary/aromatic N) is 2. The number of nitrogens with one attached hydrogen (secondary N) is 1. The van der Waals surface area contributed by atoms with Crippen molar-refractivity contribution in [2.75, 3.05) is 13.7 Å². The molecule has 0 aromatic carbocycles. The van der Waals surface area contributed by atoms with Crippen molar-refractivity contribution in [1.82, 2.24) is 14.9 Å². The summed E-state index contributed by atoms with van der Waals surface area (Å²) >= 11 is 0. The predicted molar refractivity (Wildman–Crippen MR) is 105 cm³/mol. The number of carbonyl (C=O) groups is 2. The van der Waals surface area contributed by atoms with Crippen LogP contribution in [0.2, 0.25) is 0 Å². The van der Waals surface area contributed by atoms with Crippen LogP contribution in [0, 0.1) is 0 Å². The zero-order chi connectivity index (χ0) is 21.1. The molecule has 0 saturated heterocycles. The molecule has 2 aromatic rings. The Morgan fingerprint density at radius 2 is 2.14 bits per heavy atom. The van der Waals surface area contributed by atoms with E-state index in [0.717, 1.165) is 38.4 Å². The number of hydrogen-bond donors (Lipinski definition) is 3. The third-order valence-electron chi connectivity index (χ3n) is 5.08. The van der Waals surface area contributed by atoms with Gasteiger partial charge in [0.15, 0.2) is 6.04 Å². The van der Waals surface area contributed by atoms with Crippen molar-refractivity contribution < 1.29 is 24.5 Å². The first-order valence-electron chi connectivity index (χ1n) is 9.30. The van der Waals surface area contributed by atoms with Crippen LogP contribution in [-0.4, -0.2) is 51.4 Å². The van der Waals surface area contributed by atoms with E-state index in [4.69, 9.17) is 0 Å². The Kier molecular flexibility index (Phi) is 5.97. The molecular weight excluding hydrogens is 378 g/mol. The molecule has 29 heavy (non-hydrogen) atoms. The molecule has 0 fully saturated rings. The third-order valence-corrected chi connectivity index (χ3v) is 5.08. The number of hydrogen-bond acceptors (Lipinski definition) is 7. The van der Waals surface area contributed by atoms with Crippen LogP contribution in [0.3, 0.4) is 0 Å². The summed E-state index contributed by atoms with van der Waals surface area (Å²) in [4.78, 5) is 41.3. The van der Waals surface area contributed by atoms with Crippen LogP contribution in [0.1, 0.15) is 41.6 Å². The van der Waals surface area contributed by atoms with Crippen LogP contribution in [-0.2, 0) is 16.6 Å². The number of aromatic nitrogens is 2. The summed E-state index contributed by atoms with van der Waals surface area (Å²) in [5.41, 5.74) is 0.694. The van der Waals surface area contributed by atoms with Crippen LogP contribution < -0.4 is 10.9 Å². The smallest absolute Gasteiger partial charge is 0.330 e. The quantitative estimate of drug-likeness (QED) is 0.633.